The largest absolute Gasteiger partial charge is 0.348 e. The Hall–Kier alpha value is -1.85. The number of aromatic nitrogens is 2. The maximum absolute atomic E-state index is 12.5. The molecule has 2 aromatic rings. The molecule has 5 nitrogen and oxygen atoms in total. The molecule has 3 rings (SSSR count). The maximum Gasteiger partial charge on any atom is 0.270 e. The van der Waals surface area contributed by atoms with E-state index >= 15 is 0 Å². The van der Waals surface area contributed by atoms with E-state index in [1.54, 1.807) is 30.5 Å². The molecule has 1 aromatic carbocycles. The van der Waals surface area contributed by atoms with E-state index in [-0.39, 0.29) is 11.9 Å². The van der Waals surface area contributed by atoms with Gasteiger partial charge in [-0.15, -0.1) is 0 Å². The van der Waals surface area contributed by atoms with E-state index in [0.717, 1.165) is 12.8 Å². The van der Waals surface area contributed by atoms with Crippen molar-refractivity contribution in [2.24, 2.45) is 0 Å². The molecule has 1 aromatic heterocycles. The van der Waals surface area contributed by atoms with Crippen molar-refractivity contribution in [1.82, 2.24) is 15.3 Å². The first-order chi connectivity index (χ1) is 12.1. The van der Waals surface area contributed by atoms with Gasteiger partial charge in [0.25, 0.3) is 5.91 Å². The van der Waals surface area contributed by atoms with Gasteiger partial charge in [0.2, 0.25) is 5.95 Å². The molecule has 0 atom stereocenters. The van der Waals surface area contributed by atoms with Crippen LogP contribution in [-0.2, 0) is 0 Å². The van der Waals surface area contributed by atoms with Crippen LogP contribution in [0.5, 0.6) is 0 Å². The van der Waals surface area contributed by atoms with Crippen molar-refractivity contribution in [3.8, 4) is 0 Å². The average molecular weight is 379 g/mol. The van der Waals surface area contributed by atoms with Crippen molar-refractivity contribution in [1.29, 1.82) is 0 Å². The summed E-state index contributed by atoms with van der Waals surface area (Å²) in [6, 6.07) is 7.00. The third-order valence-corrected chi connectivity index (χ3v) is 4.99. The fourth-order valence-electron chi connectivity index (χ4n) is 2.93. The van der Waals surface area contributed by atoms with Crippen LogP contribution in [-0.4, -0.2) is 21.9 Å². The van der Waals surface area contributed by atoms with Crippen LogP contribution in [0.1, 0.15) is 49.0 Å². The molecule has 1 heterocycles. The van der Waals surface area contributed by atoms with E-state index in [9.17, 15) is 4.79 Å². The summed E-state index contributed by atoms with van der Waals surface area (Å²) in [4.78, 5) is 20.9. The van der Waals surface area contributed by atoms with Crippen molar-refractivity contribution in [2.45, 2.75) is 44.6 Å². The minimum Gasteiger partial charge on any atom is -0.348 e. The number of carbonyl (C=O) groups is 1. The Morgan fingerprint density at radius 2 is 1.80 bits per heavy atom. The predicted molar refractivity (Wildman–Crippen MR) is 101 cm³/mol. The first kappa shape index (κ1) is 18.0. The van der Waals surface area contributed by atoms with E-state index in [1.165, 1.54) is 25.7 Å². The van der Waals surface area contributed by atoms with Crippen LogP contribution in [0.4, 0.5) is 11.6 Å². The minimum absolute atomic E-state index is 0.161. The lowest BCUT2D eigenvalue weighted by Crippen LogP contribution is -2.35. The summed E-state index contributed by atoms with van der Waals surface area (Å²) in [7, 11) is 0. The number of amides is 1. The number of rotatable bonds is 4. The molecule has 0 spiro atoms. The lowest BCUT2D eigenvalue weighted by Gasteiger charge is -2.16. The Balaban J connectivity index is 1.67. The molecule has 1 aliphatic rings. The molecule has 0 bridgehead atoms. The number of halogens is 2. The summed E-state index contributed by atoms with van der Waals surface area (Å²) < 4.78 is 0. The molecule has 25 heavy (non-hydrogen) atoms. The maximum atomic E-state index is 12.5. The molecule has 1 saturated carbocycles. The first-order valence-electron chi connectivity index (χ1n) is 8.48. The highest BCUT2D eigenvalue weighted by Gasteiger charge is 2.17. The lowest BCUT2D eigenvalue weighted by atomic mass is 10.1. The average Bonchev–Trinajstić information content (AvgIpc) is 2.87. The van der Waals surface area contributed by atoms with Gasteiger partial charge >= 0.3 is 0 Å². The third kappa shape index (κ3) is 5.06. The number of nitrogens with one attached hydrogen (secondary N) is 2. The van der Waals surface area contributed by atoms with Crippen LogP contribution >= 0.6 is 23.2 Å². The SMILES string of the molecule is O=C(NC1CCCCCC1)c1ccnc(Nc2ccc(Cl)c(Cl)c2)n1. The van der Waals surface area contributed by atoms with Crippen molar-refractivity contribution in [3.63, 3.8) is 0 Å². The number of hydrogen-bond donors (Lipinski definition) is 2. The zero-order valence-electron chi connectivity index (χ0n) is 13.8. The van der Waals surface area contributed by atoms with E-state index in [0.29, 0.717) is 27.4 Å². The summed E-state index contributed by atoms with van der Waals surface area (Å²) in [6.45, 7) is 0. The lowest BCUT2D eigenvalue weighted by molar-refractivity contribution is 0.0928. The Labute approximate surface area is 157 Å². The Morgan fingerprint density at radius 1 is 1.04 bits per heavy atom. The number of nitrogens with zero attached hydrogens (tertiary/aromatic N) is 2. The summed E-state index contributed by atoms with van der Waals surface area (Å²) in [5.74, 6) is 0.179. The van der Waals surface area contributed by atoms with Crippen molar-refractivity contribution in [2.75, 3.05) is 5.32 Å². The Morgan fingerprint density at radius 3 is 2.52 bits per heavy atom. The highest BCUT2D eigenvalue weighted by Crippen LogP contribution is 2.26. The van der Waals surface area contributed by atoms with Crippen molar-refractivity contribution in [3.05, 3.63) is 46.2 Å². The van der Waals surface area contributed by atoms with Gasteiger partial charge in [0.1, 0.15) is 5.69 Å². The molecule has 0 aliphatic heterocycles. The molecule has 0 saturated heterocycles. The molecule has 0 radical (unpaired) electrons. The smallest absolute Gasteiger partial charge is 0.270 e. The van der Waals surface area contributed by atoms with Crippen LogP contribution in [0, 0.1) is 0 Å². The number of carbonyl (C=O) groups excluding carboxylic acids is 1. The number of benzene rings is 1. The Bertz CT molecular complexity index is 746. The van der Waals surface area contributed by atoms with Gasteiger partial charge in [0.15, 0.2) is 0 Å². The molecule has 7 heteroatoms. The molecular formula is C18H20Cl2N4O. The summed E-state index contributed by atoms with van der Waals surface area (Å²) >= 11 is 11.9. The van der Waals surface area contributed by atoms with E-state index in [2.05, 4.69) is 20.6 Å². The zero-order chi connectivity index (χ0) is 17.6. The highest BCUT2D eigenvalue weighted by molar-refractivity contribution is 6.42. The first-order valence-corrected chi connectivity index (χ1v) is 9.23. The van der Waals surface area contributed by atoms with E-state index in [4.69, 9.17) is 23.2 Å². The van der Waals surface area contributed by atoms with Gasteiger partial charge in [-0.25, -0.2) is 9.97 Å². The normalized spacial score (nSPS) is 15.4. The molecule has 132 valence electrons. The fourth-order valence-corrected chi connectivity index (χ4v) is 3.23. The highest BCUT2D eigenvalue weighted by atomic mass is 35.5. The third-order valence-electron chi connectivity index (χ3n) is 4.25. The van der Waals surface area contributed by atoms with Crippen molar-refractivity contribution >= 4 is 40.7 Å². The van der Waals surface area contributed by atoms with E-state index in [1.807, 2.05) is 0 Å². The standard InChI is InChI=1S/C18H20Cl2N4O/c19-14-8-7-13(11-15(14)20)23-18-21-10-9-16(24-18)17(25)22-12-5-3-1-2-4-6-12/h7-12H,1-6H2,(H,22,25)(H,21,23,24). The van der Waals surface area contributed by atoms with Gasteiger partial charge in [-0.1, -0.05) is 48.9 Å². The molecule has 1 amide bonds. The number of anilines is 2. The van der Waals surface area contributed by atoms with Crippen LogP contribution in [0.15, 0.2) is 30.5 Å². The zero-order valence-corrected chi connectivity index (χ0v) is 15.3. The van der Waals surface area contributed by atoms with Crippen LogP contribution < -0.4 is 10.6 Å². The monoisotopic (exact) mass is 378 g/mol. The van der Waals surface area contributed by atoms with Crippen LogP contribution in [0.2, 0.25) is 10.0 Å². The Kier molecular flexibility index (Phi) is 6.10. The molecular weight excluding hydrogens is 359 g/mol. The van der Waals surface area contributed by atoms with Gasteiger partial charge in [-0.05, 0) is 37.1 Å². The van der Waals surface area contributed by atoms with Crippen LogP contribution in [0.3, 0.4) is 0 Å². The minimum atomic E-state index is -0.161. The molecule has 1 fully saturated rings. The van der Waals surface area contributed by atoms with Crippen LogP contribution in [0.25, 0.3) is 0 Å². The summed E-state index contributed by atoms with van der Waals surface area (Å²) in [6.07, 6.45) is 8.46. The second-order valence-corrected chi connectivity index (χ2v) is 7.00. The molecule has 2 N–H and O–H groups in total. The topological polar surface area (TPSA) is 66.9 Å². The van der Waals surface area contributed by atoms with Crippen molar-refractivity contribution < 1.29 is 4.79 Å². The van der Waals surface area contributed by atoms with Gasteiger partial charge in [0.05, 0.1) is 10.0 Å². The fraction of sp³-hybridized carbons (Fsp3) is 0.389. The van der Waals surface area contributed by atoms with Gasteiger partial charge < -0.3 is 10.6 Å². The van der Waals surface area contributed by atoms with Gasteiger partial charge in [-0.3, -0.25) is 4.79 Å². The number of hydrogen-bond acceptors (Lipinski definition) is 4. The summed E-state index contributed by atoms with van der Waals surface area (Å²) in [5.41, 5.74) is 1.05. The second-order valence-electron chi connectivity index (χ2n) is 6.18. The quantitative estimate of drug-likeness (QED) is 0.736. The molecule has 0 unspecified atom stereocenters. The summed E-state index contributed by atoms with van der Waals surface area (Å²) in [5, 5.41) is 7.04. The molecule has 1 aliphatic carbocycles. The van der Waals surface area contributed by atoms with E-state index < -0.39 is 0 Å². The van der Waals surface area contributed by atoms with Gasteiger partial charge in [-0.2, -0.15) is 0 Å². The second kappa shape index (κ2) is 8.50. The van der Waals surface area contributed by atoms with Gasteiger partial charge in [0, 0.05) is 17.9 Å². The predicted octanol–water partition coefficient (Wildman–Crippen LogP) is 4.98.